The van der Waals surface area contributed by atoms with Gasteiger partial charge in [-0.2, -0.15) is 0 Å². The number of nitrogens with one attached hydrogen (secondary N) is 1. The van der Waals surface area contributed by atoms with Crippen molar-refractivity contribution in [2.45, 2.75) is 51.1 Å². The van der Waals surface area contributed by atoms with Gasteiger partial charge in [0.25, 0.3) is 0 Å². The van der Waals surface area contributed by atoms with Gasteiger partial charge in [0.05, 0.1) is 0 Å². The van der Waals surface area contributed by atoms with E-state index in [9.17, 15) is 9.90 Å². The molecule has 17 heavy (non-hydrogen) atoms. The fourth-order valence-corrected chi connectivity index (χ4v) is 2.73. The van der Waals surface area contributed by atoms with E-state index in [1.165, 1.54) is 12.8 Å². The van der Waals surface area contributed by atoms with Crippen LogP contribution in [0.2, 0.25) is 0 Å². The first kappa shape index (κ1) is 12.8. The number of hydrogen-bond acceptors (Lipinski definition) is 3. The molecule has 0 bridgehead atoms. The topological polar surface area (TPSA) is 52.6 Å². The van der Waals surface area contributed by atoms with Crippen LogP contribution in [-0.4, -0.2) is 47.2 Å². The molecule has 2 atom stereocenters. The largest absolute Gasteiger partial charge is 0.480 e. The number of carboxylic acid groups (broad SMARTS) is 1. The maximum atomic E-state index is 11.5. The zero-order valence-electron chi connectivity index (χ0n) is 10.9. The first-order valence-corrected chi connectivity index (χ1v) is 6.73. The Labute approximate surface area is 103 Å². The second kappa shape index (κ2) is 4.94. The predicted octanol–water partition coefficient (Wildman–Crippen LogP) is 1.31. The van der Waals surface area contributed by atoms with Crippen LogP contribution in [-0.2, 0) is 4.79 Å². The SMILES string of the molecule is CC1CCCN(CC(C)(NC2CC2)C(=O)O)C1. The smallest absolute Gasteiger partial charge is 0.324 e. The van der Waals surface area contributed by atoms with Crippen molar-refractivity contribution >= 4 is 5.97 Å². The molecule has 0 aromatic heterocycles. The normalized spacial score (nSPS) is 29.9. The maximum absolute atomic E-state index is 11.5. The minimum atomic E-state index is -0.780. The molecule has 0 amide bonds. The van der Waals surface area contributed by atoms with Gasteiger partial charge in [-0.25, -0.2) is 0 Å². The van der Waals surface area contributed by atoms with Gasteiger partial charge in [0.1, 0.15) is 5.54 Å². The summed E-state index contributed by atoms with van der Waals surface area (Å²) < 4.78 is 0. The minimum absolute atomic E-state index is 0.429. The Morgan fingerprint density at radius 2 is 2.18 bits per heavy atom. The van der Waals surface area contributed by atoms with Crippen LogP contribution in [0.1, 0.15) is 39.5 Å². The monoisotopic (exact) mass is 240 g/mol. The number of hydrogen-bond donors (Lipinski definition) is 2. The molecule has 4 heteroatoms. The molecule has 1 aliphatic heterocycles. The predicted molar refractivity (Wildman–Crippen MR) is 67.0 cm³/mol. The summed E-state index contributed by atoms with van der Waals surface area (Å²) >= 11 is 0. The van der Waals surface area contributed by atoms with Gasteiger partial charge in [0, 0.05) is 19.1 Å². The molecule has 98 valence electrons. The van der Waals surface area contributed by atoms with Gasteiger partial charge in [-0.3, -0.25) is 10.1 Å². The molecule has 1 heterocycles. The van der Waals surface area contributed by atoms with E-state index in [-0.39, 0.29) is 0 Å². The molecule has 2 N–H and O–H groups in total. The molecule has 1 saturated heterocycles. The summed E-state index contributed by atoms with van der Waals surface area (Å²) in [6, 6.07) is 0.429. The third-order valence-corrected chi connectivity index (χ3v) is 3.85. The van der Waals surface area contributed by atoms with Crippen molar-refractivity contribution in [1.29, 1.82) is 0 Å². The summed E-state index contributed by atoms with van der Waals surface area (Å²) in [5.41, 5.74) is -0.780. The van der Waals surface area contributed by atoms with Gasteiger partial charge >= 0.3 is 5.97 Å². The first-order chi connectivity index (χ1) is 7.99. The second-order valence-electron chi connectivity index (χ2n) is 6.04. The van der Waals surface area contributed by atoms with E-state index in [1.807, 2.05) is 6.92 Å². The summed E-state index contributed by atoms with van der Waals surface area (Å²) in [5.74, 6) is -0.0228. The molecular formula is C13H24N2O2. The molecule has 0 spiro atoms. The van der Waals surface area contributed by atoms with Crippen molar-refractivity contribution in [2.24, 2.45) is 5.92 Å². The lowest BCUT2D eigenvalue weighted by Gasteiger charge is -2.37. The Morgan fingerprint density at radius 1 is 1.47 bits per heavy atom. The van der Waals surface area contributed by atoms with Gasteiger partial charge in [0.15, 0.2) is 0 Å². The van der Waals surface area contributed by atoms with Crippen molar-refractivity contribution in [1.82, 2.24) is 10.2 Å². The number of likely N-dealkylation sites (tertiary alicyclic amines) is 1. The average Bonchev–Trinajstić information content (AvgIpc) is 3.01. The van der Waals surface area contributed by atoms with Crippen LogP contribution in [0.25, 0.3) is 0 Å². The summed E-state index contributed by atoms with van der Waals surface area (Å²) in [4.78, 5) is 13.8. The van der Waals surface area contributed by atoms with E-state index in [1.54, 1.807) is 0 Å². The van der Waals surface area contributed by atoms with Crippen LogP contribution in [0.4, 0.5) is 0 Å². The molecule has 4 nitrogen and oxygen atoms in total. The van der Waals surface area contributed by atoms with Crippen LogP contribution < -0.4 is 5.32 Å². The summed E-state index contributed by atoms with van der Waals surface area (Å²) in [6.07, 6.45) is 4.72. The van der Waals surface area contributed by atoms with E-state index in [4.69, 9.17) is 0 Å². The summed E-state index contributed by atoms with van der Waals surface area (Å²) in [5, 5.41) is 12.7. The van der Waals surface area contributed by atoms with Crippen LogP contribution >= 0.6 is 0 Å². The molecule has 0 radical (unpaired) electrons. The van der Waals surface area contributed by atoms with E-state index < -0.39 is 11.5 Å². The molecule has 0 aromatic rings. The number of carbonyl (C=O) groups is 1. The summed E-state index contributed by atoms with van der Waals surface area (Å²) in [7, 11) is 0. The van der Waals surface area contributed by atoms with Gasteiger partial charge in [-0.1, -0.05) is 6.92 Å². The third-order valence-electron chi connectivity index (χ3n) is 3.85. The lowest BCUT2D eigenvalue weighted by Crippen LogP contribution is -2.58. The Bertz CT molecular complexity index is 291. The van der Waals surface area contributed by atoms with Gasteiger partial charge in [-0.05, 0) is 45.1 Å². The maximum Gasteiger partial charge on any atom is 0.324 e. The Balaban J connectivity index is 1.93. The standard InChI is InChI=1S/C13H24N2O2/c1-10-4-3-7-15(8-10)9-13(2,12(16)17)14-11-5-6-11/h10-11,14H,3-9H2,1-2H3,(H,16,17). The molecule has 2 unspecified atom stereocenters. The zero-order chi connectivity index (χ0) is 12.5. The number of carboxylic acids is 1. The number of piperidine rings is 1. The summed E-state index contributed by atoms with van der Waals surface area (Å²) in [6.45, 7) is 6.78. The third kappa shape index (κ3) is 3.42. The fourth-order valence-electron chi connectivity index (χ4n) is 2.73. The van der Waals surface area contributed by atoms with Crippen LogP contribution in [0.15, 0.2) is 0 Å². The van der Waals surface area contributed by atoms with E-state index >= 15 is 0 Å². The van der Waals surface area contributed by atoms with E-state index in [0.29, 0.717) is 18.5 Å². The van der Waals surface area contributed by atoms with Crippen molar-refractivity contribution in [2.75, 3.05) is 19.6 Å². The van der Waals surface area contributed by atoms with Crippen LogP contribution in [0.3, 0.4) is 0 Å². The zero-order valence-corrected chi connectivity index (χ0v) is 10.9. The average molecular weight is 240 g/mol. The molecular weight excluding hydrogens is 216 g/mol. The van der Waals surface area contributed by atoms with E-state index in [0.717, 1.165) is 25.9 Å². The van der Waals surface area contributed by atoms with Gasteiger partial charge in [0.2, 0.25) is 0 Å². The molecule has 0 aromatic carbocycles. The van der Waals surface area contributed by atoms with Crippen molar-refractivity contribution in [3.63, 3.8) is 0 Å². The highest BCUT2D eigenvalue weighted by Crippen LogP contribution is 2.24. The number of nitrogens with zero attached hydrogens (tertiary/aromatic N) is 1. The first-order valence-electron chi connectivity index (χ1n) is 6.73. The van der Waals surface area contributed by atoms with Crippen molar-refractivity contribution in [3.05, 3.63) is 0 Å². The van der Waals surface area contributed by atoms with Crippen LogP contribution in [0, 0.1) is 5.92 Å². The van der Waals surface area contributed by atoms with Crippen molar-refractivity contribution < 1.29 is 9.90 Å². The highest BCUT2D eigenvalue weighted by Gasteiger charge is 2.40. The minimum Gasteiger partial charge on any atom is -0.480 e. The quantitative estimate of drug-likeness (QED) is 0.761. The Kier molecular flexibility index (Phi) is 3.73. The van der Waals surface area contributed by atoms with Crippen LogP contribution in [0.5, 0.6) is 0 Å². The number of rotatable bonds is 5. The second-order valence-corrected chi connectivity index (χ2v) is 6.04. The molecule has 2 rings (SSSR count). The van der Waals surface area contributed by atoms with Crippen molar-refractivity contribution in [3.8, 4) is 0 Å². The van der Waals surface area contributed by atoms with E-state index in [2.05, 4.69) is 17.1 Å². The molecule has 1 aliphatic carbocycles. The Morgan fingerprint density at radius 3 is 2.71 bits per heavy atom. The lowest BCUT2D eigenvalue weighted by molar-refractivity contribution is -0.145. The Hall–Kier alpha value is -0.610. The van der Waals surface area contributed by atoms with Gasteiger partial charge < -0.3 is 10.0 Å². The number of aliphatic carboxylic acids is 1. The highest BCUT2D eigenvalue weighted by atomic mass is 16.4. The molecule has 2 fully saturated rings. The van der Waals surface area contributed by atoms with Gasteiger partial charge in [-0.15, -0.1) is 0 Å². The lowest BCUT2D eigenvalue weighted by atomic mass is 9.96. The molecule has 2 aliphatic rings. The fraction of sp³-hybridized carbons (Fsp3) is 0.923. The highest BCUT2D eigenvalue weighted by molar-refractivity contribution is 5.78. The molecule has 1 saturated carbocycles.